The monoisotopic (exact) mass is 294 g/mol. The van der Waals surface area contributed by atoms with Gasteiger partial charge in [0.15, 0.2) is 0 Å². The highest BCUT2D eigenvalue weighted by Crippen LogP contribution is 2.15. The van der Waals surface area contributed by atoms with Crippen molar-refractivity contribution < 1.29 is 14.3 Å². The lowest BCUT2D eigenvalue weighted by atomic mass is 9.98. The van der Waals surface area contributed by atoms with Gasteiger partial charge in [-0.05, 0) is 56.5 Å². The number of hydrogen-bond acceptors (Lipinski definition) is 3. The number of halogens is 1. The van der Waals surface area contributed by atoms with Crippen LogP contribution in [0.25, 0.3) is 0 Å². The average molecular weight is 294 g/mol. The largest absolute Gasteiger partial charge is 0.396 e. The molecule has 0 atom stereocenters. The molecule has 0 bridgehead atoms. The first-order valence-corrected chi connectivity index (χ1v) is 7.47. The zero-order valence-electron chi connectivity index (χ0n) is 12.4. The number of carbonyl (C=O) groups is 1. The van der Waals surface area contributed by atoms with Crippen LogP contribution in [0.5, 0.6) is 0 Å². The first-order chi connectivity index (χ1) is 10.1. The van der Waals surface area contributed by atoms with Gasteiger partial charge in [0.2, 0.25) is 0 Å². The second-order valence-electron chi connectivity index (χ2n) is 5.68. The molecule has 1 heterocycles. The van der Waals surface area contributed by atoms with E-state index in [-0.39, 0.29) is 12.5 Å². The van der Waals surface area contributed by atoms with E-state index in [0.29, 0.717) is 18.0 Å². The maximum absolute atomic E-state index is 13.2. The SMILES string of the molecule is Cc1ccc(F)cc1C(=O)NCCN1CCC(CO)CC1. The molecule has 1 saturated heterocycles. The molecule has 2 N–H and O–H groups in total. The Bertz CT molecular complexity index is 485. The van der Waals surface area contributed by atoms with E-state index in [1.165, 1.54) is 12.1 Å². The summed E-state index contributed by atoms with van der Waals surface area (Å²) in [5.74, 6) is -0.195. The molecule has 1 aliphatic rings. The Balaban J connectivity index is 1.76. The minimum absolute atomic E-state index is 0.225. The molecule has 1 fully saturated rings. The van der Waals surface area contributed by atoms with Gasteiger partial charge < -0.3 is 15.3 Å². The summed E-state index contributed by atoms with van der Waals surface area (Å²) in [5, 5.41) is 11.9. The number of likely N-dealkylation sites (tertiary alicyclic amines) is 1. The van der Waals surface area contributed by atoms with Gasteiger partial charge in [-0.2, -0.15) is 0 Å². The van der Waals surface area contributed by atoms with Gasteiger partial charge in [-0.15, -0.1) is 0 Å². The summed E-state index contributed by atoms with van der Waals surface area (Å²) < 4.78 is 13.2. The summed E-state index contributed by atoms with van der Waals surface area (Å²) in [6.45, 7) is 5.33. The highest BCUT2D eigenvalue weighted by Gasteiger charge is 2.18. The van der Waals surface area contributed by atoms with Crippen molar-refractivity contribution in [2.45, 2.75) is 19.8 Å². The lowest BCUT2D eigenvalue weighted by molar-refractivity contribution is 0.0938. The Morgan fingerprint density at radius 1 is 1.43 bits per heavy atom. The highest BCUT2D eigenvalue weighted by atomic mass is 19.1. The van der Waals surface area contributed by atoms with E-state index in [0.717, 1.165) is 38.0 Å². The number of aliphatic hydroxyl groups is 1. The van der Waals surface area contributed by atoms with Crippen molar-refractivity contribution in [3.8, 4) is 0 Å². The minimum Gasteiger partial charge on any atom is -0.396 e. The van der Waals surface area contributed by atoms with Crippen LogP contribution in [0, 0.1) is 18.7 Å². The van der Waals surface area contributed by atoms with Crippen LogP contribution < -0.4 is 5.32 Å². The molecule has 4 nitrogen and oxygen atoms in total. The summed E-state index contributed by atoms with van der Waals surface area (Å²) in [5.41, 5.74) is 1.17. The van der Waals surface area contributed by atoms with Gasteiger partial charge in [-0.1, -0.05) is 6.07 Å². The Morgan fingerprint density at radius 3 is 2.81 bits per heavy atom. The molecule has 2 rings (SSSR count). The first-order valence-electron chi connectivity index (χ1n) is 7.47. The molecule has 0 spiro atoms. The van der Waals surface area contributed by atoms with Crippen molar-refractivity contribution in [2.75, 3.05) is 32.8 Å². The Morgan fingerprint density at radius 2 is 2.14 bits per heavy atom. The smallest absolute Gasteiger partial charge is 0.251 e. The summed E-state index contributed by atoms with van der Waals surface area (Å²) in [6.07, 6.45) is 2.01. The van der Waals surface area contributed by atoms with E-state index in [1.807, 2.05) is 0 Å². The summed E-state index contributed by atoms with van der Waals surface area (Å²) in [6, 6.07) is 4.25. The molecule has 0 unspecified atom stereocenters. The molecule has 5 heteroatoms. The number of amides is 1. The number of piperidine rings is 1. The van der Waals surface area contributed by atoms with Gasteiger partial charge in [0.1, 0.15) is 5.82 Å². The van der Waals surface area contributed by atoms with Crippen molar-refractivity contribution in [1.29, 1.82) is 0 Å². The normalized spacial score (nSPS) is 16.9. The standard InChI is InChI=1S/C16H23FN2O2/c1-12-2-3-14(17)10-15(12)16(21)18-6-9-19-7-4-13(11-20)5-8-19/h2-3,10,13,20H,4-9,11H2,1H3,(H,18,21). The molecule has 0 aromatic heterocycles. The lowest BCUT2D eigenvalue weighted by Gasteiger charge is -2.30. The number of nitrogens with zero attached hydrogens (tertiary/aromatic N) is 1. The zero-order chi connectivity index (χ0) is 15.2. The maximum Gasteiger partial charge on any atom is 0.251 e. The lowest BCUT2D eigenvalue weighted by Crippen LogP contribution is -2.40. The molecular weight excluding hydrogens is 271 g/mol. The van der Waals surface area contributed by atoms with Gasteiger partial charge >= 0.3 is 0 Å². The van der Waals surface area contributed by atoms with E-state index in [4.69, 9.17) is 5.11 Å². The van der Waals surface area contributed by atoms with Crippen LogP contribution in [0.4, 0.5) is 4.39 Å². The van der Waals surface area contributed by atoms with Crippen molar-refractivity contribution >= 4 is 5.91 Å². The molecular formula is C16H23FN2O2. The number of benzene rings is 1. The Hall–Kier alpha value is -1.46. The number of carbonyl (C=O) groups excluding carboxylic acids is 1. The van der Waals surface area contributed by atoms with Crippen molar-refractivity contribution in [3.05, 3.63) is 35.1 Å². The van der Waals surface area contributed by atoms with Crippen molar-refractivity contribution in [1.82, 2.24) is 10.2 Å². The number of aliphatic hydroxyl groups excluding tert-OH is 1. The zero-order valence-corrected chi connectivity index (χ0v) is 12.4. The van der Waals surface area contributed by atoms with Crippen LogP contribution in [-0.2, 0) is 0 Å². The van der Waals surface area contributed by atoms with E-state index in [2.05, 4.69) is 10.2 Å². The van der Waals surface area contributed by atoms with E-state index < -0.39 is 5.82 Å². The Kier molecular flexibility index (Phi) is 5.70. The van der Waals surface area contributed by atoms with Crippen LogP contribution in [0.2, 0.25) is 0 Å². The van der Waals surface area contributed by atoms with Gasteiger partial charge in [-0.3, -0.25) is 4.79 Å². The fraction of sp³-hybridized carbons (Fsp3) is 0.562. The molecule has 0 radical (unpaired) electrons. The molecule has 0 saturated carbocycles. The second kappa shape index (κ2) is 7.52. The molecule has 1 aromatic rings. The molecule has 1 aromatic carbocycles. The maximum atomic E-state index is 13.2. The van der Waals surface area contributed by atoms with Crippen molar-refractivity contribution in [3.63, 3.8) is 0 Å². The fourth-order valence-electron chi connectivity index (χ4n) is 2.65. The quantitative estimate of drug-likeness (QED) is 0.867. The Labute approximate surface area is 125 Å². The molecule has 116 valence electrons. The summed E-state index contributed by atoms with van der Waals surface area (Å²) in [7, 11) is 0. The number of nitrogens with one attached hydrogen (secondary N) is 1. The molecule has 21 heavy (non-hydrogen) atoms. The number of aryl methyl sites for hydroxylation is 1. The second-order valence-corrected chi connectivity index (χ2v) is 5.68. The third kappa shape index (κ3) is 4.51. The fourth-order valence-corrected chi connectivity index (χ4v) is 2.65. The topological polar surface area (TPSA) is 52.6 Å². The molecule has 0 aliphatic carbocycles. The van der Waals surface area contributed by atoms with Crippen LogP contribution in [0.15, 0.2) is 18.2 Å². The third-order valence-corrected chi connectivity index (χ3v) is 4.12. The summed E-state index contributed by atoms with van der Waals surface area (Å²) >= 11 is 0. The van der Waals surface area contributed by atoms with Gasteiger partial charge in [0.05, 0.1) is 0 Å². The predicted molar refractivity (Wildman–Crippen MR) is 79.7 cm³/mol. The predicted octanol–water partition coefficient (Wildman–Crippen LogP) is 1.57. The first kappa shape index (κ1) is 15.9. The molecule has 1 aliphatic heterocycles. The number of rotatable bonds is 5. The number of hydrogen-bond donors (Lipinski definition) is 2. The van der Waals surface area contributed by atoms with Crippen LogP contribution in [0.3, 0.4) is 0 Å². The van der Waals surface area contributed by atoms with E-state index in [1.54, 1.807) is 13.0 Å². The average Bonchev–Trinajstić information content (AvgIpc) is 2.50. The third-order valence-electron chi connectivity index (χ3n) is 4.12. The highest BCUT2D eigenvalue weighted by molar-refractivity contribution is 5.95. The summed E-state index contributed by atoms with van der Waals surface area (Å²) in [4.78, 5) is 14.3. The van der Waals surface area contributed by atoms with Crippen LogP contribution >= 0.6 is 0 Å². The van der Waals surface area contributed by atoms with Gasteiger partial charge in [0, 0.05) is 25.3 Å². The van der Waals surface area contributed by atoms with E-state index in [9.17, 15) is 9.18 Å². The van der Waals surface area contributed by atoms with E-state index >= 15 is 0 Å². The van der Waals surface area contributed by atoms with Crippen LogP contribution in [0.1, 0.15) is 28.8 Å². The van der Waals surface area contributed by atoms with Gasteiger partial charge in [0.25, 0.3) is 5.91 Å². The molecule has 1 amide bonds. The minimum atomic E-state index is -0.392. The van der Waals surface area contributed by atoms with Crippen molar-refractivity contribution in [2.24, 2.45) is 5.92 Å². The van der Waals surface area contributed by atoms with Crippen LogP contribution in [-0.4, -0.2) is 48.7 Å². The van der Waals surface area contributed by atoms with Gasteiger partial charge in [-0.25, -0.2) is 4.39 Å².